The molecule has 0 spiro atoms. The van der Waals surface area contributed by atoms with Crippen molar-refractivity contribution in [2.24, 2.45) is 0 Å². The number of aryl methyl sites for hydroxylation is 1. The van der Waals surface area contributed by atoms with Crippen LogP contribution in [0.5, 0.6) is 5.75 Å². The van der Waals surface area contributed by atoms with Crippen LogP contribution < -0.4 is 10.1 Å². The Morgan fingerprint density at radius 3 is 2.72 bits per heavy atom. The van der Waals surface area contributed by atoms with Crippen LogP contribution in [0.15, 0.2) is 24.3 Å². The minimum atomic E-state index is 0.467. The Labute approximate surface area is 111 Å². The highest BCUT2D eigenvalue weighted by molar-refractivity contribution is 7.15. The molecular formula is C13H17N3OS. The van der Waals surface area contributed by atoms with Gasteiger partial charge in [-0.3, -0.25) is 0 Å². The number of nitrogens with zero attached hydrogens (tertiary/aromatic N) is 2. The van der Waals surface area contributed by atoms with Gasteiger partial charge in [0.25, 0.3) is 0 Å². The molecule has 96 valence electrons. The van der Waals surface area contributed by atoms with E-state index in [1.54, 1.807) is 0 Å². The Kier molecular flexibility index (Phi) is 4.52. The van der Waals surface area contributed by atoms with Crippen LogP contribution in [-0.4, -0.2) is 16.7 Å². The van der Waals surface area contributed by atoms with E-state index in [0.717, 1.165) is 28.9 Å². The second kappa shape index (κ2) is 6.35. The Balaban J connectivity index is 1.86. The van der Waals surface area contributed by atoms with Crippen molar-refractivity contribution in [1.29, 1.82) is 0 Å². The van der Waals surface area contributed by atoms with Gasteiger partial charge >= 0.3 is 0 Å². The molecule has 18 heavy (non-hydrogen) atoms. The van der Waals surface area contributed by atoms with Crippen molar-refractivity contribution in [3.8, 4) is 5.75 Å². The van der Waals surface area contributed by atoms with Gasteiger partial charge in [-0.15, -0.1) is 10.2 Å². The molecule has 1 aromatic carbocycles. The minimum Gasteiger partial charge on any atom is -0.486 e. The summed E-state index contributed by atoms with van der Waals surface area (Å²) in [6.45, 7) is 5.57. The molecule has 0 bridgehead atoms. The Morgan fingerprint density at radius 1 is 1.22 bits per heavy atom. The minimum absolute atomic E-state index is 0.467. The fourth-order valence-electron chi connectivity index (χ4n) is 1.39. The van der Waals surface area contributed by atoms with Gasteiger partial charge in [0, 0.05) is 6.54 Å². The maximum absolute atomic E-state index is 5.64. The number of aromatic nitrogens is 2. The molecule has 0 saturated heterocycles. The summed E-state index contributed by atoms with van der Waals surface area (Å²) >= 11 is 1.54. The topological polar surface area (TPSA) is 47.0 Å². The first-order valence-corrected chi connectivity index (χ1v) is 6.85. The first-order chi connectivity index (χ1) is 8.78. The van der Waals surface area contributed by atoms with Gasteiger partial charge in [0.1, 0.15) is 12.4 Å². The first kappa shape index (κ1) is 12.8. The Morgan fingerprint density at radius 2 is 2.00 bits per heavy atom. The van der Waals surface area contributed by atoms with Crippen LogP contribution in [0.3, 0.4) is 0 Å². The lowest BCUT2D eigenvalue weighted by Gasteiger charge is -2.03. The van der Waals surface area contributed by atoms with Crippen LogP contribution >= 0.6 is 11.3 Å². The van der Waals surface area contributed by atoms with Crippen molar-refractivity contribution in [2.45, 2.75) is 26.9 Å². The molecule has 5 heteroatoms. The van der Waals surface area contributed by atoms with E-state index in [4.69, 9.17) is 4.74 Å². The predicted molar refractivity (Wildman–Crippen MR) is 74.2 cm³/mol. The first-order valence-electron chi connectivity index (χ1n) is 6.03. The van der Waals surface area contributed by atoms with Gasteiger partial charge < -0.3 is 10.1 Å². The number of rotatable bonds is 6. The molecule has 1 heterocycles. The van der Waals surface area contributed by atoms with Crippen LogP contribution in [0.1, 0.15) is 23.9 Å². The average Bonchev–Trinajstić information content (AvgIpc) is 2.84. The molecular weight excluding hydrogens is 246 g/mol. The molecule has 0 atom stereocenters. The lowest BCUT2D eigenvalue weighted by Crippen LogP contribution is -1.98. The summed E-state index contributed by atoms with van der Waals surface area (Å²) in [5.41, 5.74) is 1.23. The summed E-state index contributed by atoms with van der Waals surface area (Å²) in [4.78, 5) is 0. The van der Waals surface area contributed by atoms with Crippen LogP contribution in [0.25, 0.3) is 0 Å². The number of benzene rings is 1. The largest absolute Gasteiger partial charge is 0.486 e. The number of nitrogens with one attached hydrogen (secondary N) is 1. The third-order valence-electron chi connectivity index (χ3n) is 2.38. The summed E-state index contributed by atoms with van der Waals surface area (Å²) in [6, 6.07) is 7.99. The van der Waals surface area contributed by atoms with Crippen LogP contribution in [-0.2, 0) is 6.61 Å². The number of ether oxygens (including phenoxy) is 1. The molecule has 0 saturated carbocycles. The molecule has 1 N–H and O–H groups in total. The maximum atomic E-state index is 5.64. The van der Waals surface area contributed by atoms with E-state index in [0.29, 0.717) is 6.61 Å². The molecule has 0 radical (unpaired) electrons. The molecule has 0 amide bonds. The van der Waals surface area contributed by atoms with Gasteiger partial charge in [0.05, 0.1) is 0 Å². The summed E-state index contributed by atoms with van der Waals surface area (Å²) in [5.74, 6) is 0.860. The van der Waals surface area contributed by atoms with Gasteiger partial charge in [-0.25, -0.2) is 0 Å². The lowest BCUT2D eigenvalue weighted by molar-refractivity contribution is 0.304. The van der Waals surface area contributed by atoms with Crippen molar-refractivity contribution in [3.63, 3.8) is 0 Å². The van der Waals surface area contributed by atoms with Crippen molar-refractivity contribution in [2.75, 3.05) is 11.9 Å². The number of anilines is 1. The zero-order valence-corrected chi connectivity index (χ0v) is 11.5. The zero-order chi connectivity index (χ0) is 12.8. The fourth-order valence-corrected chi connectivity index (χ4v) is 2.07. The monoisotopic (exact) mass is 263 g/mol. The smallest absolute Gasteiger partial charge is 0.205 e. The van der Waals surface area contributed by atoms with E-state index in [9.17, 15) is 0 Å². The van der Waals surface area contributed by atoms with E-state index in [1.807, 2.05) is 24.3 Å². The summed E-state index contributed by atoms with van der Waals surface area (Å²) in [6.07, 6.45) is 1.08. The van der Waals surface area contributed by atoms with Crippen molar-refractivity contribution < 1.29 is 4.74 Å². The van der Waals surface area contributed by atoms with Gasteiger partial charge in [-0.1, -0.05) is 36.0 Å². The molecule has 0 fully saturated rings. The highest BCUT2D eigenvalue weighted by atomic mass is 32.1. The number of hydrogen-bond donors (Lipinski definition) is 1. The standard InChI is InChI=1S/C13H17N3OS/c1-3-8-14-13-16-15-12(18-13)9-17-11-6-4-10(2)5-7-11/h4-7H,3,8-9H2,1-2H3,(H,14,16). The number of hydrogen-bond acceptors (Lipinski definition) is 5. The molecule has 4 nitrogen and oxygen atoms in total. The van der Waals surface area contributed by atoms with Crippen molar-refractivity contribution >= 4 is 16.5 Å². The highest BCUT2D eigenvalue weighted by Crippen LogP contribution is 2.18. The van der Waals surface area contributed by atoms with Gasteiger partial charge in [-0.05, 0) is 25.5 Å². The van der Waals surface area contributed by atoms with E-state index in [1.165, 1.54) is 16.9 Å². The zero-order valence-electron chi connectivity index (χ0n) is 10.6. The second-order valence-electron chi connectivity index (χ2n) is 4.03. The molecule has 1 aromatic heterocycles. The average molecular weight is 263 g/mol. The van der Waals surface area contributed by atoms with E-state index < -0.39 is 0 Å². The van der Waals surface area contributed by atoms with Crippen molar-refractivity contribution in [1.82, 2.24) is 10.2 Å². The second-order valence-corrected chi connectivity index (χ2v) is 5.09. The molecule has 0 aliphatic heterocycles. The highest BCUT2D eigenvalue weighted by Gasteiger charge is 2.04. The van der Waals surface area contributed by atoms with Gasteiger partial charge in [0.2, 0.25) is 5.13 Å². The SMILES string of the molecule is CCCNc1nnc(COc2ccc(C)cc2)s1. The molecule has 0 aliphatic carbocycles. The summed E-state index contributed by atoms with van der Waals surface area (Å²) < 4.78 is 5.64. The quantitative estimate of drug-likeness (QED) is 0.869. The Hall–Kier alpha value is -1.62. The van der Waals surface area contributed by atoms with E-state index in [2.05, 4.69) is 29.4 Å². The maximum Gasteiger partial charge on any atom is 0.205 e. The molecule has 0 aliphatic rings. The van der Waals surface area contributed by atoms with E-state index in [-0.39, 0.29) is 0 Å². The third kappa shape index (κ3) is 3.70. The van der Waals surface area contributed by atoms with Gasteiger partial charge in [-0.2, -0.15) is 0 Å². The summed E-state index contributed by atoms with van der Waals surface area (Å²) in [5, 5.41) is 13.1. The third-order valence-corrected chi connectivity index (χ3v) is 3.23. The van der Waals surface area contributed by atoms with Crippen LogP contribution in [0.4, 0.5) is 5.13 Å². The molecule has 0 unspecified atom stereocenters. The predicted octanol–water partition coefficient (Wildman–Crippen LogP) is 3.25. The van der Waals surface area contributed by atoms with E-state index >= 15 is 0 Å². The summed E-state index contributed by atoms with van der Waals surface area (Å²) in [7, 11) is 0. The lowest BCUT2D eigenvalue weighted by atomic mass is 10.2. The molecule has 2 rings (SSSR count). The van der Waals surface area contributed by atoms with Crippen LogP contribution in [0.2, 0.25) is 0 Å². The fraction of sp³-hybridized carbons (Fsp3) is 0.385. The van der Waals surface area contributed by atoms with Crippen molar-refractivity contribution in [3.05, 3.63) is 34.8 Å². The van der Waals surface area contributed by atoms with Gasteiger partial charge in [0.15, 0.2) is 5.01 Å². The Bertz CT molecular complexity index is 481. The normalized spacial score (nSPS) is 10.3. The van der Waals surface area contributed by atoms with Crippen LogP contribution in [0, 0.1) is 6.92 Å². The molecule has 2 aromatic rings.